The maximum absolute atomic E-state index is 14.0. The number of aromatic nitrogens is 2. The van der Waals surface area contributed by atoms with Crippen molar-refractivity contribution in [2.45, 2.75) is 19.4 Å². The fourth-order valence-electron chi connectivity index (χ4n) is 3.08. The van der Waals surface area contributed by atoms with Gasteiger partial charge in [-0.05, 0) is 36.2 Å². The number of amides is 1. The summed E-state index contributed by atoms with van der Waals surface area (Å²) in [5.41, 5.74) is 3.08. The van der Waals surface area contributed by atoms with Crippen LogP contribution in [0.2, 0.25) is 0 Å². The van der Waals surface area contributed by atoms with Crippen molar-refractivity contribution in [2.75, 3.05) is 7.11 Å². The molecule has 7 heteroatoms. The fraction of sp³-hybridized carbons (Fsp3) is 0.182. The first kappa shape index (κ1) is 19.1. The van der Waals surface area contributed by atoms with Crippen LogP contribution in [0.25, 0.3) is 16.2 Å². The van der Waals surface area contributed by atoms with Crippen molar-refractivity contribution in [3.63, 3.8) is 0 Å². The Kier molecular flexibility index (Phi) is 5.57. The van der Waals surface area contributed by atoms with E-state index >= 15 is 0 Å². The molecular formula is C22H20FN3O2S. The van der Waals surface area contributed by atoms with Crippen molar-refractivity contribution in [3.05, 3.63) is 77.2 Å². The lowest BCUT2D eigenvalue weighted by atomic mass is 10.1. The molecule has 0 saturated carbocycles. The van der Waals surface area contributed by atoms with Gasteiger partial charge in [0.05, 0.1) is 12.8 Å². The molecule has 0 atom stereocenters. The van der Waals surface area contributed by atoms with Gasteiger partial charge in [-0.15, -0.1) is 11.3 Å². The van der Waals surface area contributed by atoms with Gasteiger partial charge in [-0.3, -0.25) is 9.20 Å². The number of nitrogens with one attached hydrogen (secondary N) is 1. The Balaban J connectivity index is 1.38. The Morgan fingerprint density at radius 2 is 2.00 bits per heavy atom. The molecule has 1 amide bonds. The maximum atomic E-state index is 14.0. The Labute approximate surface area is 171 Å². The maximum Gasteiger partial charge on any atom is 0.220 e. The van der Waals surface area contributed by atoms with E-state index < -0.39 is 0 Å². The van der Waals surface area contributed by atoms with E-state index in [1.165, 1.54) is 17.4 Å². The van der Waals surface area contributed by atoms with Crippen LogP contribution < -0.4 is 10.1 Å². The first-order chi connectivity index (χ1) is 14.1. The molecule has 0 fully saturated rings. The van der Waals surface area contributed by atoms with E-state index in [1.807, 2.05) is 40.2 Å². The lowest BCUT2D eigenvalue weighted by molar-refractivity contribution is -0.121. The molecule has 0 unspecified atom stereocenters. The summed E-state index contributed by atoms with van der Waals surface area (Å²) >= 11 is 1.49. The standard InChI is InChI=1S/C22H20FN3O2S/c1-28-17-9-6-15(7-10-17)12-24-21(27)11-8-16-14-29-22-25-20(13-26(16)22)18-4-2-3-5-19(18)23/h2-7,9-10,13-14H,8,11-12H2,1H3,(H,24,27). The van der Waals surface area contributed by atoms with Crippen LogP contribution in [0.4, 0.5) is 4.39 Å². The Hall–Kier alpha value is -3.19. The highest BCUT2D eigenvalue weighted by molar-refractivity contribution is 7.15. The van der Waals surface area contributed by atoms with Crippen LogP contribution in [0, 0.1) is 5.82 Å². The van der Waals surface area contributed by atoms with Crippen LogP contribution in [0.15, 0.2) is 60.1 Å². The van der Waals surface area contributed by atoms with Crippen molar-refractivity contribution in [3.8, 4) is 17.0 Å². The summed E-state index contributed by atoms with van der Waals surface area (Å²) in [5, 5.41) is 4.92. The van der Waals surface area contributed by atoms with E-state index in [-0.39, 0.29) is 11.7 Å². The van der Waals surface area contributed by atoms with E-state index in [4.69, 9.17) is 4.74 Å². The number of methoxy groups -OCH3 is 1. The second kappa shape index (κ2) is 8.45. The molecule has 5 nitrogen and oxygen atoms in total. The molecule has 0 spiro atoms. The van der Waals surface area contributed by atoms with Gasteiger partial charge in [-0.25, -0.2) is 9.37 Å². The van der Waals surface area contributed by atoms with E-state index in [0.29, 0.717) is 30.6 Å². The normalized spacial score (nSPS) is 11.0. The van der Waals surface area contributed by atoms with Crippen molar-refractivity contribution in [1.29, 1.82) is 0 Å². The minimum Gasteiger partial charge on any atom is -0.497 e. The van der Waals surface area contributed by atoms with Gasteiger partial charge >= 0.3 is 0 Å². The molecule has 2 heterocycles. The number of carbonyl (C=O) groups excluding carboxylic acids is 1. The van der Waals surface area contributed by atoms with Crippen LogP contribution >= 0.6 is 11.3 Å². The molecule has 0 bridgehead atoms. The van der Waals surface area contributed by atoms with Crippen LogP contribution in [-0.4, -0.2) is 22.4 Å². The first-order valence-corrected chi connectivity index (χ1v) is 10.1. The van der Waals surface area contributed by atoms with Gasteiger partial charge in [0.25, 0.3) is 0 Å². The SMILES string of the molecule is COc1ccc(CNC(=O)CCc2csc3nc(-c4ccccc4F)cn23)cc1. The molecule has 148 valence electrons. The topological polar surface area (TPSA) is 55.6 Å². The van der Waals surface area contributed by atoms with E-state index in [9.17, 15) is 9.18 Å². The lowest BCUT2D eigenvalue weighted by Crippen LogP contribution is -2.23. The quantitative estimate of drug-likeness (QED) is 0.490. The lowest BCUT2D eigenvalue weighted by Gasteiger charge is -2.06. The Morgan fingerprint density at radius 1 is 1.21 bits per heavy atom. The summed E-state index contributed by atoms with van der Waals surface area (Å²) in [6, 6.07) is 14.2. The molecule has 0 saturated heterocycles. The number of halogens is 1. The zero-order chi connectivity index (χ0) is 20.2. The predicted molar refractivity (Wildman–Crippen MR) is 112 cm³/mol. The van der Waals surface area contributed by atoms with Crippen molar-refractivity contribution in [2.24, 2.45) is 0 Å². The predicted octanol–water partition coefficient (Wildman–Crippen LogP) is 4.46. The Morgan fingerprint density at radius 3 is 2.76 bits per heavy atom. The molecule has 1 N–H and O–H groups in total. The third-order valence-electron chi connectivity index (χ3n) is 4.69. The van der Waals surface area contributed by atoms with Crippen LogP contribution in [-0.2, 0) is 17.8 Å². The fourth-order valence-corrected chi connectivity index (χ4v) is 3.99. The minimum absolute atomic E-state index is 0.0189. The third-order valence-corrected chi connectivity index (χ3v) is 5.58. The van der Waals surface area contributed by atoms with Crippen LogP contribution in [0.5, 0.6) is 5.75 Å². The molecule has 0 aliphatic heterocycles. The molecule has 2 aromatic carbocycles. The smallest absolute Gasteiger partial charge is 0.220 e. The number of hydrogen-bond acceptors (Lipinski definition) is 4. The summed E-state index contributed by atoms with van der Waals surface area (Å²) in [5.74, 6) is 0.476. The van der Waals surface area contributed by atoms with Gasteiger partial charge in [0.1, 0.15) is 11.6 Å². The minimum atomic E-state index is -0.294. The highest BCUT2D eigenvalue weighted by Crippen LogP contribution is 2.26. The molecule has 0 radical (unpaired) electrons. The average Bonchev–Trinajstić information content (AvgIpc) is 3.32. The zero-order valence-electron chi connectivity index (χ0n) is 15.9. The van der Waals surface area contributed by atoms with Crippen LogP contribution in [0.3, 0.4) is 0 Å². The Bertz CT molecular complexity index is 1130. The van der Waals surface area contributed by atoms with Crippen molar-refractivity contribution in [1.82, 2.24) is 14.7 Å². The van der Waals surface area contributed by atoms with Gasteiger partial charge in [0.15, 0.2) is 4.96 Å². The summed E-state index contributed by atoms with van der Waals surface area (Å²) in [7, 11) is 1.62. The number of benzene rings is 2. The monoisotopic (exact) mass is 409 g/mol. The molecule has 29 heavy (non-hydrogen) atoms. The van der Waals surface area contributed by atoms with E-state index in [2.05, 4.69) is 10.3 Å². The summed E-state index contributed by atoms with van der Waals surface area (Å²) in [4.78, 5) is 17.5. The number of hydrogen-bond donors (Lipinski definition) is 1. The highest BCUT2D eigenvalue weighted by Gasteiger charge is 2.13. The highest BCUT2D eigenvalue weighted by atomic mass is 32.1. The van der Waals surface area contributed by atoms with Crippen molar-refractivity contribution >= 4 is 22.2 Å². The second-order valence-electron chi connectivity index (χ2n) is 6.61. The molecule has 2 aromatic heterocycles. The van der Waals surface area contributed by atoms with Gasteiger partial charge in [-0.2, -0.15) is 0 Å². The number of ether oxygens (including phenoxy) is 1. The van der Waals surface area contributed by atoms with Gasteiger partial charge < -0.3 is 10.1 Å². The second-order valence-corrected chi connectivity index (χ2v) is 7.45. The first-order valence-electron chi connectivity index (χ1n) is 9.24. The number of imidazole rings is 1. The van der Waals surface area contributed by atoms with E-state index in [1.54, 1.807) is 25.3 Å². The van der Waals surface area contributed by atoms with Crippen LogP contribution in [0.1, 0.15) is 17.7 Å². The van der Waals surface area contributed by atoms with E-state index in [0.717, 1.165) is 22.0 Å². The molecule has 4 aromatic rings. The third kappa shape index (κ3) is 4.30. The largest absolute Gasteiger partial charge is 0.497 e. The van der Waals surface area contributed by atoms with Crippen molar-refractivity contribution < 1.29 is 13.9 Å². The van der Waals surface area contributed by atoms with Gasteiger partial charge in [0.2, 0.25) is 5.91 Å². The number of nitrogens with zero attached hydrogens (tertiary/aromatic N) is 2. The molecule has 4 rings (SSSR count). The number of carbonyl (C=O) groups is 1. The number of rotatable bonds is 7. The van der Waals surface area contributed by atoms with Gasteiger partial charge in [-0.1, -0.05) is 24.3 Å². The number of fused-ring (bicyclic) bond motifs is 1. The van der Waals surface area contributed by atoms with Gasteiger partial charge in [0, 0.05) is 35.8 Å². The molecule has 0 aliphatic carbocycles. The zero-order valence-corrected chi connectivity index (χ0v) is 16.7. The number of aryl methyl sites for hydroxylation is 1. The summed E-state index contributed by atoms with van der Waals surface area (Å²) < 4.78 is 21.1. The number of thiazole rings is 1. The molecular weight excluding hydrogens is 389 g/mol. The summed E-state index contributed by atoms with van der Waals surface area (Å²) in [6.45, 7) is 0.477. The molecule has 0 aliphatic rings. The average molecular weight is 409 g/mol. The summed E-state index contributed by atoms with van der Waals surface area (Å²) in [6.07, 6.45) is 2.78.